The van der Waals surface area contributed by atoms with Crippen LogP contribution in [0.15, 0.2) is 30.7 Å². The minimum atomic E-state index is -0.116. The van der Waals surface area contributed by atoms with E-state index in [9.17, 15) is 4.79 Å². The molecule has 1 aliphatic rings. The number of amides is 1. The van der Waals surface area contributed by atoms with Gasteiger partial charge >= 0.3 is 0 Å². The summed E-state index contributed by atoms with van der Waals surface area (Å²) in [5, 5.41) is 7.23. The normalized spacial score (nSPS) is 19.6. The van der Waals surface area contributed by atoms with Gasteiger partial charge in [-0.15, -0.1) is 0 Å². The summed E-state index contributed by atoms with van der Waals surface area (Å²) in [7, 11) is 1.83. The largest absolute Gasteiger partial charge is 0.376 e. The first-order chi connectivity index (χ1) is 10.2. The first-order valence-electron chi connectivity index (χ1n) is 7.24. The van der Waals surface area contributed by atoms with Gasteiger partial charge in [0, 0.05) is 26.0 Å². The van der Waals surface area contributed by atoms with Gasteiger partial charge in [-0.2, -0.15) is 5.10 Å². The quantitative estimate of drug-likeness (QED) is 0.927. The van der Waals surface area contributed by atoms with E-state index in [0.717, 1.165) is 25.3 Å². The lowest BCUT2D eigenvalue weighted by Gasteiger charge is -2.20. The van der Waals surface area contributed by atoms with Crippen LogP contribution in [0.1, 0.15) is 30.1 Å². The summed E-state index contributed by atoms with van der Waals surface area (Å²) in [6.45, 7) is 2.77. The topological polar surface area (TPSA) is 61.1 Å². The van der Waals surface area contributed by atoms with Crippen molar-refractivity contribution >= 4 is 5.91 Å². The first-order valence-corrected chi connectivity index (χ1v) is 7.24. The number of aromatic nitrogens is 3. The van der Waals surface area contributed by atoms with Crippen molar-refractivity contribution in [2.75, 3.05) is 6.61 Å². The van der Waals surface area contributed by atoms with Crippen LogP contribution in [-0.4, -0.2) is 39.0 Å². The van der Waals surface area contributed by atoms with E-state index in [1.807, 2.05) is 43.1 Å². The Morgan fingerprint density at radius 1 is 1.48 bits per heavy atom. The Bertz CT molecular complexity index is 612. The first kappa shape index (κ1) is 13.9. The average Bonchev–Trinajstić information content (AvgIpc) is 3.19. The number of ether oxygens (including phenoxy) is 1. The van der Waals surface area contributed by atoms with Crippen LogP contribution < -0.4 is 5.32 Å². The predicted molar refractivity (Wildman–Crippen MR) is 78.4 cm³/mol. The van der Waals surface area contributed by atoms with Crippen LogP contribution in [-0.2, 0) is 11.8 Å². The lowest BCUT2D eigenvalue weighted by atomic mass is 10.1. The molecule has 2 atom stereocenters. The van der Waals surface area contributed by atoms with E-state index in [1.54, 1.807) is 10.9 Å². The van der Waals surface area contributed by atoms with Crippen LogP contribution in [0.25, 0.3) is 5.82 Å². The van der Waals surface area contributed by atoms with E-state index in [1.165, 1.54) is 0 Å². The molecular formula is C15H20N4O2. The fraction of sp³-hybridized carbons (Fsp3) is 0.467. The molecule has 1 aliphatic heterocycles. The molecule has 112 valence electrons. The van der Waals surface area contributed by atoms with Gasteiger partial charge in [0.15, 0.2) is 0 Å². The zero-order valence-electron chi connectivity index (χ0n) is 12.3. The van der Waals surface area contributed by atoms with Gasteiger partial charge in [0.05, 0.1) is 18.3 Å². The second-order valence-corrected chi connectivity index (χ2v) is 5.41. The van der Waals surface area contributed by atoms with Crippen molar-refractivity contribution in [2.24, 2.45) is 7.05 Å². The number of hydrogen-bond donors (Lipinski definition) is 1. The maximum Gasteiger partial charge on any atom is 0.256 e. The molecule has 0 radical (unpaired) electrons. The second kappa shape index (κ2) is 5.73. The third-order valence-corrected chi connectivity index (χ3v) is 3.88. The smallest absolute Gasteiger partial charge is 0.256 e. The fourth-order valence-electron chi connectivity index (χ4n) is 2.75. The van der Waals surface area contributed by atoms with Crippen LogP contribution >= 0.6 is 0 Å². The van der Waals surface area contributed by atoms with Crippen molar-refractivity contribution in [2.45, 2.75) is 31.9 Å². The molecule has 0 bridgehead atoms. The summed E-state index contributed by atoms with van der Waals surface area (Å²) in [6, 6.07) is 3.84. The third kappa shape index (κ3) is 2.71. The Morgan fingerprint density at radius 2 is 2.24 bits per heavy atom. The van der Waals surface area contributed by atoms with Gasteiger partial charge in [0.1, 0.15) is 11.4 Å². The molecule has 0 aliphatic carbocycles. The number of hydrogen-bond acceptors (Lipinski definition) is 3. The van der Waals surface area contributed by atoms with Crippen molar-refractivity contribution in [3.8, 4) is 5.82 Å². The summed E-state index contributed by atoms with van der Waals surface area (Å²) >= 11 is 0. The van der Waals surface area contributed by atoms with Crippen molar-refractivity contribution in [1.82, 2.24) is 19.7 Å². The van der Waals surface area contributed by atoms with Crippen LogP contribution in [0.4, 0.5) is 0 Å². The summed E-state index contributed by atoms with van der Waals surface area (Å²) in [4.78, 5) is 12.5. The van der Waals surface area contributed by atoms with Crippen LogP contribution in [0.2, 0.25) is 0 Å². The molecule has 1 saturated heterocycles. The summed E-state index contributed by atoms with van der Waals surface area (Å²) in [5.41, 5.74) is 0.568. The molecule has 1 amide bonds. The molecule has 21 heavy (non-hydrogen) atoms. The summed E-state index contributed by atoms with van der Waals surface area (Å²) in [6.07, 6.45) is 7.58. The van der Waals surface area contributed by atoms with Gasteiger partial charge in [0.2, 0.25) is 0 Å². The van der Waals surface area contributed by atoms with E-state index in [0.29, 0.717) is 5.56 Å². The van der Waals surface area contributed by atoms with E-state index in [2.05, 4.69) is 10.4 Å². The molecule has 0 spiro atoms. The molecule has 0 saturated carbocycles. The highest BCUT2D eigenvalue weighted by atomic mass is 16.5. The molecule has 6 nitrogen and oxygen atoms in total. The number of carbonyl (C=O) groups is 1. The molecule has 0 aromatic carbocycles. The van der Waals surface area contributed by atoms with Crippen LogP contribution in [0.5, 0.6) is 0 Å². The minimum Gasteiger partial charge on any atom is -0.376 e. The molecule has 1 N–H and O–H groups in total. The van der Waals surface area contributed by atoms with E-state index in [-0.39, 0.29) is 18.1 Å². The number of nitrogens with one attached hydrogen (secondary N) is 1. The zero-order valence-corrected chi connectivity index (χ0v) is 12.3. The van der Waals surface area contributed by atoms with Gasteiger partial charge < -0.3 is 14.6 Å². The second-order valence-electron chi connectivity index (χ2n) is 5.41. The minimum absolute atomic E-state index is 0.00211. The van der Waals surface area contributed by atoms with E-state index in [4.69, 9.17) is 4.74 Å². The standard InChI is InChI=1S/C15H20N4O2/c1-11(13-6-5-9-21-13)17-14(20)12-10-16-18(2)15(12)19-7-3-4-8-19/h3-4,7-8,10-11,13H,5-6,9H2,1-2H3,(H,17,20)/t11-,13-/m0/s1. The average molecular weight is 288 g/mol. The highest BCUT2D eigenvalue weighted by molar-refractivity contribution is 5.97. The Morgan fingerprint density at radius 3 is 2.90 bits per heavy atom. The number of carbonyl (C=O) groups excluding carboxylic acids is 1. The maximum atomic E-state index is 12.5. The van der Waals surface area contributed by atoms with Crippen molar-refractivity contribution in [3.63, 3.8) is 0 Å². The van der Waals surface area contributed by atoms with E-state index < -0.39 is 0 Å². The fourth-order valence-corrected chi connectivity index (χ4v) is 2.75. The molecule has 2 aromatic heterocycles. The summed E-state index contributed by atoms with van der Waals surface area (Å²) in [5.74, 6) is 0.645. The third-order valence-electron chi connectivity index (χ3n) is 3.88. The van der Waals surface area contributed by atoms with Crippen LogP contribution in [0, 0.1) is 0 Å². The number of nitrogens with zero attached hydrogens (tertiary/aromatic N) is 3. The molecular weight excluding hydrogens is 268 g/mol. The van der Waals surface area contributed by atoms with Gasteiger partial charge in [-0.3, -0.25) is 9.48 Å². The Hall–Kier alpha value is -2.08. The molecule has 3 rings (SSSR count). The van der Waals surface area contributed by atoms with Gasteiger partial charge in [0.25, 0.3) is 5.91 Å². The van der Waals surface area contributed by atoms with Crippen molar-refractivity contribution in [3.05, 3.63) is 36.3 Å². The van der Waals surface area contributed by atoms with Crippen molar-refractivity contribution < 1.29 is 9.53 Å². The SMILES string of the molecule is C[C@H](NC(=O)c1cnn(C)c1-n1cccc1)[C@@H]1CCCO1. The van der Waals surface area contributed by atoms with Gasteiger partial charge in [-0.05, 0) is 31.9 Å². The highest BCUT2D eigenvalue weighted by Gasteiger charge is 2.25. The number of aryl methyl sites for hydroxylation is 1. The van der Waals surface area contributed by atoms with Crippen LogP contribution in [0.3, 0.4) is 0 Å². The molecule has 3 heterocycles. The maximum absolute atomic E-state index is 12.5. The summed E-state index contributed by atoms with van der Waals surface area (Å²) < 4.78 is 9.21. The highest BCUT2D eigenvalue weighted by Crippen LogP contribution is 2.17. The van der Waals surface area contributed by atoms with Crippen molar-refractivity contribution in [1.29, 1.82) is 0 Å². The predicted octanol–water partition coefficient (Wildman–Crippen LogP) is 1.51. The zero-order chi connectivity index (χ0) is 14.8. The molecule has 1 fully saturated rings. The van der Waals surface area contributed by atoms with Gasteiger partial charge in [-0.25, -0.2) is 0 Å². The molecule has 6 heteroatoms. The Kier molecular flexibility index (Phi) is 3.79. The Labute approximate surface area is 123 Å². The molecule has 2 aromatic rings. The Balaban J connectivity index is 1.79. The van der Waals surface area contributed by atoms with E-state index >= 15 is 0 Å². The monoisotopic (exact) mass is 288 g/mol. The lowest BCUT2D eigenvalue weighted by Crippen LogP contribution is -2.41. The number of rotatable bonds is 4. The van der Waals surface area contributed by atoms with Gasteiger partial charge in [-0.1, -0.05) is 0 Å². The lowest BCUT2D eigenvalue weighted by molar-refractivity contribution is 0.0712. The molecule has 0 unspecified atom stereocenters.